The summed E-state index contributed by atoms with van der Waals surface area (Å²) in [6.45, 7) is 1.87. The van der Waals surface area contributed by atoms with E-state index in [0.717, 1.165) is 49.2 Å². The van der Waals surface area contributed by atoms with Gasteiger partial charge in [0.25, 0.3) is 0 Å². The Bertz CT molecular complexity index is 1660. The Balaban J connectivity index is 1.44. The average Bonchev–Trinajstić information content (AvgIpc) is 3.05. The molecule has 236 valence electrons. The van der Waals surface area contributed by atoms with Gasteiger partial charge in [-0.25, -0.2) is 0 Å². The lowest BCUT2D eigenvalue weighted by atomic mass is 9.77. The van der Waals surface area contributed by atoms with E-state index in [2.05, 4.69) is 60.3 Å². The molecule has 0 radical (unpaired) electrons. The minimum atomic E-state index is -0.0128. The van der Waals surface area contributed by atoms with Crippen molar-refractivity contribution in [3.8, 4) is 28.7 Å². The number of likely N-dealkylation sites (N-methyl/N-ethyl adjacent to an activating group) is 2. The number of aliphatic hydroxyl groups excluding tert-OH is 1. The number of hydrogen-bond donors (Lipinski definition) is 1. The Kier molecular flexibility index (Phi) is 7.88. The Labute approximate surface area is 265 Å². The van der Waals surface area contributed by atoms with Crippen LogP contribution in [0.2, 0.25) is 0 Å². The van der Waals surface area contributed by atoms with E-state index in [4.69, 9.17) is 23.7 Å². The van der Waals surface area contributed by atoms with Gasteiger partial charge < -0.3 is 28.8 Å². The molecule has 6 bridgehead atoms. The molecule has 0 spiro atoms. The monoisotopic (exact) mass is 610 g/mol. The Morgan fingerprint density at radius 1 is 0.733 bits per heavy atom. The molecule has 8 nitrogen and oxygen atoms in total. The van der Waals surface area contributed by atoms with Crippen molar-refractivity contribution in [2.45, 2.75) is 44.2 Å². The van der Waals surface area contributed by atoms with Crippen LogP contribution in [0.4, 0.5) is 0 Å². The number of hydrogen-bond acceptors (Lipinski definition) is 8. The lowest BCUT2D eigenvalue weighted by molar-refractivity contribution is 0.151. The van der Waals surface area contributed by atoms with Crippen molar-refractivity contribution in [2.75, 3.05) is 48.5 Å². The maximum absolute atomic E-state index is 11.7. The van der Waals surface area contributed by atoms with Gasteiger partial charge in [-0.15, -0.1) is 0 Å². The largest absolute Gasteiger partial charge is 0.502 e. The van der Waals surface area contributed by atoms with E-state index in [1.165, 1.54) is 16.7 Å². The first-order valence-corrected chi connectivity index (χ1v) is 15.8. The van der Waals surface area contributed by atoms with E-state index in [-0.39, 0.29) is 23.8 Å². The molecule has 1 saturated heterocycles. The summed E-state index contributed by atoms with van der Waals surface area (Å²) in [5.74, 6) is 4.65. The summed E-state index contributed by atoms with van der Waals surface area (Å²) < 4.78 is 30.6. The van der Waals surface area contributed by atoms with Crippen molar-refractivity contribution in [1.82, 2.24) is 9.80 Å². The molecule has 4 heterocycles. The van der Waals surface area contributed by atoms with Crippen molar-refractivity contribution in [2.24, 2.45) is 5.92 Å². The van der Waals surface area contributed by atoms with Crippen LogP contribution in [-0.2, 0) is 24.0 Å². The highest BCUT2D eigenvalue weighted by Crippen LogP contribution is 2.46. The predicted octanol–water partition coefficient (Wildman–Crippen LogP) is 6.60. The number of benzene rings is 3. The summed E-state index contributed by atoms with van der Waals surface area (Å²) in [6, 6.07) is 18.9. The van der Waals surface area contributed by atoms with Gasteiger partial charge in [-0.3, -0.25) is 9.80 Å². The van der Waals surface area contributed by atoms with Crippen LogP contribution >= 0.6 is 0 Å². The molecule has 0 amide bonds. The van der Waals surface area contributed by atoms with Crippen LogP contribution in [-0.4, -0.2) is 69.5 Å². The summed E-state index contributed by atoms with van der Waals surface area (Å²) in [7, 11) is 9.29. The number of piperidine rings is 1. The first-order valence-electron chi connectivity index (χ1n) is 15.8. The zero-order valence-electron chi connectivity index (χ0n) is 26.8. The second-order valence-corrected chi connectivity index (χ2v) is 12.6. The van der Waals surface area contributed by atoms with Crippen LogP contribution in [0.3, 0.4) is 0 Å². The SMILES string of the molecule is COC1=C(O)C2=C3C(CCN(C)[C@H]3Cc3ccc(OC)c(c3)Oc3ccc(cc3)C[C@H]3c4cc(c(OC)cc4CCN3C)O2)C1. The number of aliphatic hydroxyl groups is 1. The lowest BCUT2D eigenvalue weighted by Gasteiger charge is -2.43. The highest BCUT2D eigenvalue weighted by Gasteiger charge is 2.41. The maximum Gasteiger partial charge on any atom is 0.197 e. The standard InChI is InChI=1S/C37H42N2O6/c1-38-14-12-24-19-31(42-4)33-21-27(24)28(38)16-22-6-9-26(10-7-22)44-32-18-23(8-11-30(32)41-3)17-29-35-25(13-15-39(29)2)20-34(43-5)36(40)37(35)45-33/h6-11,18-19,21,25,28-29,40H,12-17,20H2,1-5H3/t25?,28-,29-/m0/s1. The molecule has 8 rings (SSSR count). The molecular formula is C37H42N2O6. The summed E-state index contributed by atoms with van der Waals surface area (Å²) in [6.07, 6.45) is 4.04. The van der Waals surface area contributed by atoms with Crippen LogP contribution in [0.15, 0.2) is 77.4 Å². The predicted molar refractivity (Wildman–Crippen MR) is 172 cm³/mol. The highest BCUT2D eigenvalue weighted by molar-refractivity contribution is 5.53. The minimum Gasteiger partial charge on any atom is -0.502 e. The van der Waals surface area contributed by atoms with Gasteiger partial charge in [0, 0.05) is 25.0 Å². The van der Waals surface area contributed by atoms with E-state index in [9.17, 15) is 5.11 Å². The number of nitrogens with zero attached hydrogens (tertiary/aromatic N) is 2. The second kappa shape index (κ2) is 12.0. The molecule has 0 saturated carbocycles. The molecule has 1 unspecified atom stereocenters. The van der Waals surface area contributed by atoms with Crippen molar-refractivity contribution in [3.63, 3.8) is 0 Å². The molecule has 0 aromatic heterocycles. The lowest BCUT2D eigenvalue weighted by Crippen LogP contribution is -2.45. The summed E-state index contributed by atoms with van der Waals surface area (Å²) in [4.78, 5) is 4.76. The third-order valence-electron chi connectivity index (χ3n) is 10.1. The summed E-state index contributed by atoms with van der Waals surface area (Å²) in [5, 5.41) is 11.7. The average molecular weight is 611 g/mol. The van der Waals surface area contributed by atoms with Crippen LogP contribution in [0, 0.1) is 5.92 Å². The number of rotatable bonds is 3. The number of methoxy groups -OCH3 is 3. The van der Waals surface area contributed by atoms with E-state index in [1.807, 2.05) is 18.2 Å². The summed E-state index contributed by atoms with van der Waals surface area (Å²) >= 11 is 0. The van der Waals surface area contributed by atoms with E-state index >= 15 is 0 Å². The van der Waals surface area contributed by atoms with Crippen molar-refractivity contribution < 1.29 is 28.8 Å². The van der Waals surface area contributed by atoms with E-state index in [1.54, 1.807) is 21.3 Å². The van der Waals surface area contributed by atoms with Gasteiger partial charge in [0.1, 0.15) is 11.5 Å². The molecule has 3 atom stereocenters. The fourth-order valence-corrected chi connectivity index (χ4v) is 7.51. The first kappa shape index (κ1) is 29.6. The first-order chi connectivity index (χ1) is 21.9. The van der Waals surface area contributed by atoms with Gasteiger partial charge in [0.2, 0.25) is 0 Å². The van der Waals surface area contributed by atoms with Crippen LogP contribution < -0.4 is 18.9 Å². The third-order valence-corrected chi connectivity index (χ3v) is 10.1. The number of allylic oxidation sites excluding steroid dienone is 1. The van der Waals surface area contributed by atoms with E-state index < -0.39 is 0 Å². The number of likely N-dealkylation sites (tertiary alicyclic amines) is 1. The van der Waals surface area contributed by atoms with E-state index in [0.29, 0.717) is 47.4 Å². The molecule has 3 aromatic rings. The normalized spacial score (nSPS) is 23.4. The minimum absolute atomic E-state index is 0.0128. The fourth-order valence-electron chi connectivity index (χ4n) is 7.51. The zero-order valence-corrected chi connectivity index (χ0v) is 26.8. The fraction of sp³-hybridized carbons (Fsp3) is 0.405. The van der Waals surface area contributed by atoms with Crippen molar-refractivity contribution in [3.05, 3.63) is 99.7 Å². The Morgan fingerprint density at radius 2 is 1.44 bits per heavy atom. The zero-order chi connectivity index (χ0) is 31.2. The van der Waals surface area contributed by atoms with Crippen LogP contribution in [0.25, 0.3) is 0 Å². The second-order valence-electron chi connectivity index (χ2n) is 12.6. The number of ether oxygens (including phenoxy) is 5. The van der Waals surface area contributed by atoms with Crippen LogP contribution in [0.1, 0.15) is 41.1 Å². The molecule has 8 heteroatoms. The van der Waals surface area contributed by atoms with Gasteiger partial charge in [-0.2, -0.15) is 0 Å². The van der Waals surface area contributed by atoms with Crippen LogP contribution in [0.5, 0.6) is 28.7 Å². The van der Waals surface area contributed by atoms with Crippen molar-refractivity contribution >= 4 is 0 Å². The highest BCUT2D eigenvalue weighted by atomic mass is 16.5. The molecule has 4 aliphatic heterocycles. The topological polar surface area (TPSA) is 72.9 Å². The van der Waals surface area contributed by atoms with Gasteiger partial charge in [0.15, 0.2) is 34.5 Å². The molecule has 1 aliphatic carbocycles. The Hall–Kier alpha value is -4.14. The molecular weight excluding hydrogens is 568 g/mol. The van der Waals surface area contributed by atoms with Gasteiger partial charge in [-0.1, -0.05) is 18.2 Å². The van der Waals surface area contributed by atoms with Gasteiger partial charge >= 0.3 is 0 Å². The molecule has 1 N–H and O–H groups in total. The smallest absolute Gasteiger partial charge is 0.197 e. The molecule has 5 aliphatic rings. The third kappa shape index (κ3) is 5.40. The molecule has 3 aromatic carbocycles. The quantitative estimate of drug-likeness (QED) is 0.356. The molecule has 45 heavy (non-hydrogen) atoms. The van der Waals surface area contributed by atoms with Gasteiger partial charge in [-0.05, 0) is 116 Å². The van der Waals surface area contributed by atoms with Crippen molar-refractivity contribution in [1.29, 1.82) is 0 Å². The number of fused-ring (bicyclic) bond motifs is 2. The van der Waals surface area contributed by atoms with Gasteiger partial charge in [0.05, 0.1) is 21.3 Å². The molecule has 1 fully saturated rings. The summed E-state index contributed by atoms with van der Waals surface area (Å²) in [5.41, 5.74) is 5.88. The maximum atomic E-state index is 11.7. The Morgan fingerprint density at radius 3 is 2.20 bits per heavy atom.